The molecule has 0 aliphatic carbocycles. The quantitative estimate of drug-likeness (QED) is 0.506. The third-order valence-corrected chi connectivity index (χ3v) is 3.71. The third kappa shape index (κ3) is 9.40. The molecule has 0 spiro atoms. The molecular weight excluding hydrogens is 237 g/mol. The van der Waals surface area contributed by atoms with Crippen LogP contribution in [-0.4, -0.2) is 18.8 Å². The third-order valence-electron chi connectivity index (χ3n) is 1.77. The van der Waals surface area contributed by atoms with Crippen molar-refractivity contribution in [3.05, 3.63) is 12.0 Å². The molecule has 17 heavy (non-hydrogen) atoms. The van der Waals surface area contributed by atoms with Crippen molar-refractivity contribution in [2.45, 2.75) is 59.7 Å². The highest BCUT2D eigenvalue weighted by Gasteiger charge is 2.23. The zero-order chi connectivity index (χ0) is 13.3. The molecule has 0 amide bonds. The van der Waals surface area contributed by atoms with E-state index < -0.39 is 7.60 Å². The average Bonchev–Trinajstić information content (AvgIpc) is 2.14. The van der Waals surface area contributed by atoms with Gasteiger partial charge in [-0.2, -0.15) is 0 Å². The molecule has 102 valence electrons. The lowest BCUT2D eigenvalue weighted by Crippen LogP contribution is -2.09. The fourth-order valence-corrected chi connectivity index (χ4v) is 2.84. The van der Waals surface area contributed by atoms with Crippen molar-refractivity contribution in [3.8, 4) is 0 Å². The first-order valence-electron chi connectivity index (χ1n) is 6.27. The fourth-order valence-electron chi connectivity index (χ4n) is 1.19. The van der Waals surface area contributed by atoms with Crippen LogP contribution in [0.4, 0.5) is 0 Å². The Morgan fingerprint density at radius 3 is 2.12 bits per heavy atom. The molecule has 1 N–H and O–H groups in total. The largest absolute Gasteiger partial charge is 0.391 e. The molecule has 0 saturated carbocycles. The number of nitrogens with one attached hydrogen (secondary N) is 1. The Labute approximate surface area is 105 Å². The van der Waals surface area contributed by atoms with E-state index in [-0.39, 0.29) is 12.2 Å². The summed E-state index contributed by atoms with van der Waals surface area (Å²) in [5.41, 5.74) is 0. The topological polar surface area (TPSA) is 47.6 Å². The molecule has 0 atom stereocenters. The summed E-state index contributed by atoms with van der Waals surface area (Å²) in [7, 11) is -3.12. The Morgan fingerprint density at radius 1 is 1.18 bits per heavy atom. The van der Waals surface area contributed by atoms with Crippen molar-refractivity contribution in [3.63, 3.8) is 0 Å². The second-order valence-corrected chi connectivity index (χ2v) is 6.27. The minimum atomic E-state index is -3.12. The molecular formula is C12H26NO3P. The first-order chi connectivity index (χ1) is 7.89. The van der Waals surface area contributed by atoms with Crippen molar-refractivity contribution in [2.24, 2.45) is 0 Å². The maximum atomic E-state index is 12.3. The zero-order valence-corrected chi connectivity index (χ0v) is 12.5. The van der Waals surface area contributed by atoms with Crippen LogP contribution in [0.5, 0.6) is 0 Å². The van der Waals surface area contributed by atoms with Crippen LogP contribution in [0.15, 0.2) is 12.0 Å². The molecule has 0 aliphatic rings. The Hall–Kier alpha value is -0.310. The summed E-state index contributed by atoms with van der Waals surface area (Å²) in [6.45, 7) is 10.4. The average molecular weight is 263 g/mol. The maximum Gasteiger partial charge on any atom is 0.356 e. The Bertz CT molecular complexity index is 250. The van der Waals surface area contributed by atoms with Gasteiger partial charge >= 0.3 is 7.60 Å². The molecule has 0 bridgehead atoms. The van der Waals surface area contributed by atoms with E-state index in [4.69, 9.17) is 9.05 Å². The van der Waals surface area contributed by atoms with Gasteiger partial charge in [0.15, 0.2) is 0 Å². The van der Waals surface area contributed by atoms with Gasteiger partial charge in [-0.3, -0.25) is 4.57 Å². The van der Waals surface area contributed by atoms with E-state index in [1.54, 1.807) is 6.20 Å². The summed E-state index contributed by atoms with van der Waals surface area (Å²) >= 11 is 0. The molecule has 0 unspecified atom stereocenters. The molecule has 0 aromatic carbocycles. The number of hydrogen-bond acceptors (Lipinski definition) is 4. The smallest absolute Gasteiger partial charge is 0.356 e. The zero-order valence-electron chi connectivity index (χ0n) is 11.6. The van der Waals surface area contributed by atoms with Crippen molar-refractivity contribution < 1.29 is 13.6 Å². The standard InChI is InChI=1S/C12H26NO3P/c1-6-7-8-13-9-10-17(14,15-11(2)3)16-12(4)5/h9-13H,6-8H2,1-5H3. The molecule has 0 aromatic rings. The Kier molecular flexibility index (Phi) is 8.57. The van der Waals surface area contributed by atoms with Gasteiger partial charge < -0.3 is 14.4 Å². The van der Waals surface area contributed by atoms with Crippen LogP contribution < -0.4 is 5.32 Å². The van der Waals surface area contributed by atoms with Gasteiger partial charge in [0, 0.05) is 18.6 Å². The van der Waals surface area contributed by atoms with Gasteiger partial charge in [-0.05, 0) is 34.1 Å². The van der Waals surface area contributed by atoms with Crippen LogP contribution in [-0.2, 0) is 13.6 Å². The van der Waals surface area contributed by atoms with E-state index in [1.165, 1.54) is 5.82 Å². The van der Waals surface area contributed by atoms with E-state index in [2.05, 4.69) is 12.2 Å². The normalized spacial score (nSPS) is 12.9. The van der Waals surface area contributed by atoms with E-state index in [9.17, 15) is 4.57 Å². The van der Waals surface area contributed by atoms with E-state index >= 15 is 0 Å². The minimum absolute atomic E-state index is 0.125. The molecule has 0 aliphatic heterocycles. The van der Waals surface area contributed by atoms with E-state index in [0.29, 0.717) is 0 Å². The van der Waals surface area contributed by atoms with Crippen molar-refractivity contribution in [2.75, 3.05) is 6.54 Å². The summed E-state index contributed by atoms with van der Waals surface area (Å²) < 4.78 is 23.0. The summed E-state index contributed by atoms with van der Waals surface area (Å²) in [6.07, 6.45) is 3.63. The van der Waals surface area contributed by atoms with E-state index in [0.717, 1.165) is 19.4 Å². The molecule has 0 aromatic heterocycles. The number of rotatable bonds is 9. The van der Waals surface area contributed by atoms with Gasteiger partial charge in [-0.1, -0.05) is 13.3 Å². The van der Waals surface area contributed by atoms with Gasteiger partial charge in [-0.15, -0.1) is 0 Å². The highest BCUT2D eigenvalue weighted by molar-refractivity contribution is 7.57. The van der Waals surface area contributed by atoms with Crippen LogP contribution in [0.1, 0.15) is 47.5 Å². The van der Waals surface area contributed by atoms with Crippen LogP contribution in [0, 0.1) is 0 Å². The van der Waals surface area contributed by atoms with E-state index in [1.807, 2.05) is 27.7 Å². The molecule has 4 nitrogen and oxygen atoms in total. The Balaban J connectivity index is 4.32. The van der Waals surface area contributed by atoms with Crippen LogP contribution in [0.25, 0.3) is 0 Å². The lowest BCUT2D eigenvalue weighted by Gasteiger charge is -2.19. The van der Waals surface area contributed by atoms with Crippen molar-refractivity contribution in [1.29, 1.82) is 0 Å². The molecule has 0 radical (unpaired) electrons. The SMILES string of the molecule is CCCCNC=CP(=O)(OC(C)C)OC(C)C. The second-order valence-electron chi connectivity index (χ2n) is 4.47. The van der Waals surface area contributed by atoms with Crippen LogP contribution >= 0.6 is 7.60 Å². The lowest BCUT2D eigenvalue weighted by molar-refractivity contribution is 0.149. The second kappa shape index (κ2) is 8.73. The molecule has 0 fully saturated rings. The van der Waals surface area contributed by atoms with Gasteiger partial charge in [-0.25, -0.2) is 0 Å². The summed E-state index contributed by atoms with van der Waals surface area (Å²) in [6, 6.07) is 0. The number of hydrogen-bond donors (Lipinski definition) is 1. The van der Waals surface area contributed by atoms with Crippen LogP contribution in [0.3, 0.4) is 0 Å². The fraction of sp³-hybridized carbons (Fsp3) is 0.833. The summed E-state index contributed by atoms with van der Waals surface area (Å²) in [4.78, 5) is 0. The van der Waals surface area contributed by atoms with Gasteiger partial charge in [0.1, 0.15) is 0 Å². The molecule has 5 heteroatoms. The van der Waals surface area contributed by atoms with Crippen molar-refractivity contribution in [1.82, 2.24) is 5.32 Å². The molecule has 0 saturated heterocycles. The van der Waals surface area contributed by atoms with Gasteiger partial charge in [0.05, 0.1) is 12.2 Å². The lowest BCUT2D eigenvalue weighted by atomic mass is 10.3. The monoisotopic (exact) mass is 263 g/mol. The molecule has 0 heterocycles. The number of unbranched alkanes of at least 4 members (excludes halogenated alkanes) is 1. The summed E-state index contributed by atoms with van der Waals surface area (Å²) in [5.74, 6) is 1.50. The molecule has 0 rings (SSSR count). The first-order valence-corrected chi connectivity index (χ1v) is 7.88. The Morgan fingerprint density at radius 2 is 1.71 bits per heavy atom. The van der Waals surface area contributed by atoms with Gasteiger partial charge in [0.2, 0.25) is 0 Å². The predicted octanol–water partition coefficient (Wildman–Crippen LogP) is 3.89. The maximum absolute atomic E-state index is 12.3. The van der Waals surface area contributed by atoms with Crippen LogP contribution in [0.2, 0.25) is 0 Å². The van der Waals surface area contributed by atoms with Crippen molar-refractivity contribution >= 4 is 7.60 Å². The first kappa shape index (κ1) is 16.7. The highest BCUT2D eigenvalue weighted by atomic mass is 31.2. The summed E-state index contributed by atoms with van der Waals surface area (Å²) in [5, 5.41) is 3.08. The van der Waals surface area contributed by atoms with Gasteiger partial charge in [0.25, 0.3) is 0 Å². The minimum Gasteiger partial charge on any atom is -0.391 e. The predicted molar refractivity (Wildman–Crippen MR) is 72.1 cm³/mol. The highest BCUT2D eigenvalue weighted by Crippen LogP contribution is 2.51.